The van der Waals surface area contributed by atoms with Crippen molar-refractivity contribution in [1.29, 1.82) is 0 Å². The number of rotatable bonds is 3. The molecule has 15 heavy (non-hydrogen) atoms. The van der Waals surface area contributed by atoms with Crippen LogP contribution in [0.3, 0.4) is 0 Å². The van der Waals surface area contributed by atoms with E-state index in [1.807, 2.05) is 25.7 Å². The van der Waals surface area contributed by atoms with Crippen LogP contribution in [-0.2, 0) is 9.22 Å². The molecule has 1 N–H and O–H groups in total. The Morgan fingerprint density at radius 1 is 1.27 bits per heavy atom. The first-order chi connectivity index (χ1) is 6.90. The zero-order chi connectivity index (χ0) is 11.5. The van der Waals surface area contributed by atoms with E-state index in [-0.39, 0.29) is 0 Å². The topological polar surface area (TPSA) is 46.5 Å². The third-order valence-corrected chi connectivity index (χ3v) is 2.56. The standard InChI is InChI=1S/C11H16O3Si/c1-15(2,3)14-11(13)10(12)9-7-5-4-6-8-9/h4-8,10,12H,1-3H3/t10-/m1/s1. The summed E-state index contributed by atoms with van der Waals surface area (Å²) in [4.78, 5) is 11.5. The van der Waals surface area contributed by atoms with Crippen molar-refractivity contribution in [2.24, 2.45) is 0 Å². The molecule has 0 bridgehead atoms. The van der Waals surface area contributed by atoms with E-state index in [4.69, 9.17) is 4.43 Å². The predicted octanol–water partition coefficient (Wildman–Crippen LogP) is 2.10. The first-order valence-electron chi connectivity index (χ1n) is 4.86. The predicted molar refractivity (Wildman–Crippen MR) is 60.8 cm³/mol. The van der Waals surface area contributed by atoms with Crippen LogP contribution in [0, 0.1) is 0 Å². The van der Waals surface area contributed by atoms with Crippen LogP contribution < -0.4 is 0 Å². The lowest BCUT2D eigenvalue weighted by atomic mass is 10.1. The van der Waals surface area contributed by atoms with Gasteiger partial charge in [-0.15, -0.1) is 0 Å². The van der Waals surface area contributed by atoms with Crippen LogP contribution in [0.2, 0.25) is 19.6 Å². The summed E-state index contributed by atoms with van der Waals surface area (Å²) in [5, 5.41) is 9.70. The molecule has 0 radical (unpaired) electrons. The fourth-order valence-corrected chi connectivity index (χ4v) is 1.84. The number of hydrogen-bond donors (Lipinski definition) is 1. The van der Waals surface area contributed by atoms with Crippen LogP contribution in [0.15, 0.2) is 30.3 Å². The maximum atomic E-state index is 11.5. The lowest BCUT2D eigenvalue weighted by molar-refractivity contribution is -0.144. The molecule has 0 heterocycles. The van der Waals surface area contributed by atoms with Gasteiger partial charge in [-0.05, 0) is 25.2 Å². The van der Waals surface area contributed by atoms with E-state index in [0.717, 1.165) is 0 Å². The van der Waals surface area contributed by atoms with Crippen molar-refractivity contribution in [3.63, 3.8) is 0 Å². The number of hydrogen-bond acceptors (Lipinski definition) is 3. The maximum Gasteiger partial charge on any atom is 0.326 e. The minimum absolute atomic E-state index is 0.555. The second kappa shape index (κ2) is 4.59. The molecule has 1 aromatic carbocycles. The summed E-state index contributed by atoms with van der Waals surface area (Å²) in [5.41, 5.74) is 0.570. The van der Waals surface area contributed by atoms with E-state index in [9.17, 15) is 9.90 Å². The molecule has 0 saturated carbocycles. The second-order valence-corrected chi connectivity index (χ2v) is 8.78. The summed E-state index contributed by atoms with van der Waals surface area (Å²) in [6, 6.07) is 8.80. The average molecular weight is 224 g/mol. The van der Waals surface area contributed by atoms with Gasteiger partial charge >= 0.3 is 5.97 Å². The van der Waals surface area contributed by atoms with Crippen LogP contribution in [0.5, 0.6) is 0 Å². The highest BCUT2D eigenvalue weighted by molar-refractivity contribution is 6.71. The van der Waals surface area contributed by atoms with Gasteiger partial charge in [0, 0.05) is 0 Å². The van der Waals surface area contributed by atoms with Gasteiger partial charge in [0.25, 0.3) is 0 Å². The van der Waals surface area contributed by atoms with Crippen LogP contribution >= 0.6 is 0 Å². The molecule has 0 unspecified atom stereocenters. The molecule has 0 saturated heterocycles. The maximum absolute atomic E-state index is 11.5. The Morgan fingerprint density at radius 2 is 1.80 bits per heavy atom. The molecule has 1 rings (SSSR count). The van der Waals surface area contributed by atoms with Crippen molar-refractivity contribution in [1.82, 2.24) is 0 Å². The SMILES string of the molecule is C[Si](C)(C)OC(=O)[C@H](O)c1ccccc1. The van der Waals surface area contributed by atoms with Crippen molar-refractivity contribution in [3.05, 3.63) is 35.9 Å². The summed E-state index contributed by atoms with van der Waals surface area (Å²) >= 11 is 0. The Balaban J connectivity index is 2.70. The number of carbonyl (C=O) groups excluding carboxylic acids is 1. The molecule has 1 aromatic rings. The summed E-state index contributed by atoms with van der Waals surface area (Å²) in [7, 11) is -1.93. The molecule has 0 aliphatic carbocycles. The largest absolute Gasteiger partial charge is 0.518 e. The molecule has 0 amide bonds. The zero-order valence-electron chi connectivity index (χ0n) is 9.23. The normalized spacial score (nSPS) is 13.3. The van der Waals surface area contributed by atoms with Gasteiger partial charge in [-0.2, -0.15) is 0 Å². The van der Waals surface area contributed by atoms with Gasteiger partial charge < -0.3 is 9.53 Å². The van der Waals surface area contributed by atoms with Crippen molar-refractivity contribution in [2.45, 2.75) is 25.7 Å². The summed E-state index contributed by atoms with van der Waals surface area (Å²) in [6.07, 6.45) is -1.17. The van der Waals surface area contributed by atoms with Crippen LogP contribution in [-0.4, -0.2) is 19.4 Å². The smallest absolute Gasteiger partial charge is 0.326 e. The molecule has 0 aliphatic rings. The number of aliphatic hydroxyl groups is 1. The van der Waals surface area contributed by atoms with Crippen LogP contribution in [0.4, 0.5) is 0 Å². The molecule has 4 heteroatoms. The molecule has 0 fully saturated rings. The van der Waals surface area contributed by atoms with Gasteiger partial charge in [0.15, 0.2) is 6.10 Å². The Morgan fingerprint density at radius 3 is 2.27 bits per heavy atom. The van der Waals surface area contributed by atoms with Gasteiger partial charge in [0.05, 0.1) is 0 Å². The third-order valence-electron chi connectivity index (χ3n) is 1.75. The number of benzene rings is 1. The highest BCUT2D eigenvalue weighted by atomic mass is 28.4. The van der Waals surface area contributed by atoms with E-state index in [1.54, 1.807) is 24.3 Å². The fraction of sp³-hybridized carbons (Fsp3) is 0.364. The van der Waals surface area contributed by atoms with Gasteiger partial charge in [0.2, 0.25) is 8.32 Å². The third kappa shape index (κ3) is 3.85. The van der Waals surface area contributed by atoms with Crippen LogP contribution in [0.1, 0.15) is 11.7 Å². The molecular weight excluding hydrogens is 208 g/mol. The van der Waals surface area contributed by atoms with E-state index < -0.39 is 20.4 Å². The summed E-state index contributed by atoms with van der Waals surface area (Å²) in [5.74, 6) is -0.555. The molecule has 3 nitrogen and oxygen atoms in total. The number of carbonyl (C=O) groups is 1. The van der Waals surface area contributed by atoms with Gasteiger partial charge in [-0.1, -0.05) is 30.3 Å². The Hall–Kier alpha value is -1.13. The van der Waals surface area contributed by atoms with E-state index in [2.05, 4.69) is 0 Å². The highest BCUT2D eigenvalue weighted by Crippen LogP contribution is 2.16. The van der Waals surface area contributed by atoms with Crippen molar-refractivity contribution < 1.29 is 14.3 Å². The van der Waals surface area contributed by atoms with E-state index >= 15 is 0 Å². The molecule has 0 aromatic heterocycles. The van der Waals surface area contributed by atoms with Crippen LogP contribution in [0.25, 0.3) is 0 Å². The molecule has 1 atom stereocenters. The zero-order valence-corrected chi connectivity index (χ0v) is 10.2. The van der Waals surface area contributed by atoms with Gasteiger partial charge in [-0.3, -0.25) is 4.79 Å². The Bertz CT molecular complexity index is 329. The average Bonchev–Trinajstić information content (AvgIpc) is 2.15. The summed E-state index contributed by atoms with van der Waals surface area (Å²) < 4.78 is 5.20. The number of aliphatic hydroxyl groups excluding tert-OH is 1. The Kier molecular flexibility index (Phi) is 3.65. The molecule has 82 valence electrons. The van der Waals surface area contributed by atoms with Gasteiger partial charge in [0.1, 0.15) is 0 Å². The fourth-order valence-electron chi connectivity index (χ4n) is 1.13. The van der Waals surface area contributed by atoms with E-state index in [0.29, 0.717) is 5.56 Å². The lowest BCUT2D eigenvalue weighted by Crippen LogP contribution is -2.32. The quantitative estimate of drug-likeness (QED) is 0.800. The van der Waals surface area contributed by atoms with Crippen molar-refractivity contribution >= 4 is 14.3 Å². The van der Waals surface area contributed by atoms with Gasteiger partial charge in [-0.25, -0.2) is 0 Å². The minimum atomic E-state index is -1.93. The second-order valence-electron chi connectivity index (χ2n) is 4.35. The molecule has 0 spiro atoms. The molecule has 0 aliphatic heterocycles. The monoisotopic (exact) mass is 224 g/mol. The van der Waals surface area contributed by atoms with Crippen molar-refractivity contribution in [3.8, 4) is 0 Å². The first-order valence-corrected chi connectivity index (χ1v) is 8.27. The Labute approximate surface area is 90.8 Å². The van der Waals surface area contributed by atoms with E-state index in [1.165, 1.54) is 0 Å². The minimum Gasteiger partial charge on any atom is -0.518 e. The molecular formula is C11H16O3Si. The highest BCUT2D eigenvalue weighted by Gasteiger charge is 2.25. The summed E-state index contributed by atoms with van der Waals surface area (Å²) in [6.45, 7) is 5.72. The lowest BCUT2D eigenvalue weighted by Gasteiger charge is -2.20. The first kappa shape index (κ1) is 11.9. The van der Waals surface area contributed by atoms with Crippen molar-refractivity contribution in [2.75, 3.05) is 0 Å².